The van der Waals surface area contributed by atoms with Crippen molar-refractivity contribution in [1.29, 1.82) is 0 Å². The van der Waals surface area contributed by atoms with Gasteiger partial charge in [-0.15, -0.1) is 0 Å². The summed E-state index contributed by atoms with van der Waals surface area (Å²) in [4.78, 5) is 10.1. The molecule has 6 N–H and O–H groups in total. The molecule has 0 aliphatic heterocycles. The highest BCUT2D eigenvalue weighted by atomic mass is 16.4. The minimum Gasteiger partial charge on any atom is -0.481 e. The summed E-state index contributed by atoms with van der Waals surface area (Å²) in [6.45, 7) is 9.99. The van der Waals surface area contributed by atoms with Gasteiger partial charge in [0, 0.05) is 10.8 Å². The van der Waals surface area contributed by atoms with Gasteiger partial charge in [0.15, 0.2) is 0 Å². The first-order valence-corrected chi connectivity index (χ1v) is 7.03. The van der Waals surface area contributed by atoms with E-state index in [1.54, 1.807) is 27.7 Å². The quantitative estimate of drug-likeness (QED) is 0.406. The molecule has 0 saturated carbocycles. The van der Waals surface area contributed by atoms with E-state index in [0.29, 0.717) is 0 Å². The van der Waals surface area contributed by atoms with Crippen molar-refractivity contribution in [3.8, 4) is 0 Å². The van der Waals surface area contributed by atoms with Crippen molar-refractivity contribution >= 4 is 5.97 Å². The van der Waals surface area contributed by atoms with E-state index < -0.39 is 11.4 Å². The summed E-state index contributed by atoms with van der Waals surface area (Å²) in [6.07, 6.45) is 0. The van der Waals surface area contributed by atoms with Crippen LogP contribution in [-0.2, 0) is 4.79 Å². The number of hydrogen-bond acceptors (Lipinski definition) is 6. The standard InChI is InChI=1S/C5H10O3.2C5H12O2/c1-5(2,3-6)4(7)8;2*1-5(2,3-6)4-7/h6H,3H2,1-2H3,(H,7,8);2*6-7H,3-4H2,1-2H3. The Morgan fingerprint density at radius 3 is 0.864 bits per heavy atom. The first-order valence-electron chi connectivity index (χ1n) is 7.03. The average Bonchev–Trinajstić information content (AvgIpc) is 2.48. The summed E-state index contributed by atoms with van der Waals surface area (Å²) in [5.74, 6) is -0.972. The molecule has 0 saturated heterocycles. The van der Waals surface area contributed by atoms with E-state index in [9.17, 15) is 4.79 Å². The second-order valence-electron chi connectivity index (χ2n) is 7.31. The molecule has 136 valence electrons. The van der Waals surface area contributed by atoms with Gasteiger partial charge in [-0.2, -0.15) is 0 Å². The van der Waals surface area contributed by atoms with Crippen LogP contribution in [0, 0.1) is 16.2 Å². The van der Waals surface area contributed by atoms with Crippen molar-refractivity contribution in [3.05, 3.63) is 0 Å². The highest BCUT2D eigenvalue weighted by Gasteiger charge is 2.25. The molecule has 0 fully saturated rings. The van der Waals surface area contributed by atoms with Crippen LogP contribution < -0.4 is 0 Å². The smallest absolute Gasteiger partial charge is 0.311 e. The van der Waals surface area contributed by atoms with E-state index in [1.807, 2.05) is 0 Å². The fourth-order valence-electron chi connectivity index (χ4n) is 0.168. The highest BCUT2D eigenvalue weighted by molar-refractivity contribution is 5.73. The number of carbonyl (C=O) groups is 1. The maximum atomic E-state index is 10.1. The number of aliphatic hydroxyl groups excluding tert-OH is 5. The number of aliphatic hydroxyl groups is 5. The zero-order valence-corrected chi connectivity index (χ0v) is 14.6. The van der Waals surface area contributed by atoms with Crippen LogP contribution in [0.25, 0.3) is 0 Å². The lowest BCUT2D eigenvalue weighted by molar-refractivity contribution is -0.148. The molecule has 0 heterocycles. The van der Waals surface area contributed by atoms with Gasteiger partial charge in [-0.25, -0.2) is 0 Å². The number of rotatable bonds is 6. The molecule has 0 spiro atoms. The second kappa shape index (κ2) is 11.8. The minimum absolute atomic E-state index is 0.0451. The maximum absolute atomic E-state index is 10.1. The Bertz CT molecular complexity index is 258. The topological polar surface area (TPSA) is 138 Å². The van der Waals surface area contributed by atoms with Crippen molar-refractivity contribution in [2.75, 3.05) is 33.0 Å². The molecule has 0 aliphatic carbocycles. The summed E-state index contributed by atoms with van der Waals surface area (Å²) in [6, 6.07) is 0. The predicted octanol–water partition coefficient (Wildman–Crippen LogP) is 0.0839. The summed E-state index contributed by atoms with van der Waals surface area (Å²) in [5, 5.41) is 50.4. The maximum Gasteiger partial charge on any atom is 0.311 e. The molecule has 0 atom stereocenters. The van der Waals surface area contributed by atoms with Crippen LogP contribution in [0.3, 0.4) is 0 Å². The zero-order valence-electron chi connectivity index (χ0n) is 14.6. The van der Waals surface area contributed by atoms with Crippen molar-refractivity contribution in [2.24, 2.45) is 16.2 Å². The normalized spacial score (nSPS) is 11.8. The highest BCUT2D eigenvalue weighted by Crippen LogP contribution is 2.12. The van der Waals surface area contributed by atoms with Gasteiger partial charge in [0.2, 0.25) is 0 Å². The summed E-state index contributed by atoms with van der Waals surface area (Å²) in [5.41, 5.74) is -1.60. The molecule has 0 aromatic rings. The third-order valence-corrected chi connectivity index (χ3v) is 2.69. The van der Waals surface area contributed by atoms with E-state index in [-0.39, 0.29) is 43.9 Å². The molecule has 0 rings (SSSR count). The van der Waals surface area contributed by atoms with Crippen LogP contribution in [0.4, 0.5) is 0 Å². The Balaban J connectivity index is -0.000000247. The second-order valence-corrected chi connectivity index (χ2v) is 7.31. The number of carboxylic acid groups (broad SMARTS) is 1. The van der Waals surface area contributed by atoms with Gasteiger partial charge in [-0.1, -0.05) is 27.7 Å². The minimum atomic E-state index is -0.986. The van der Waals surface area contributed by atoms with Gasteiger partial charge in [0.1, 0.15) is 0 Å². The fraction of sp³-hybridized carbons (Fsp3) is 0.933. The van der Waals surface area contributed by atoms with Crippen LogP contribution in [0.2, 0.25) is 0 Å². The summed E-state index contributed by atoms with van der Waals surface area (Å²) < 4.78 is 0. The van der Waals surface area contributed by atoms with Gasteiger partial charge in [-0.3, -0.25) is 4.79 Å². The SMILES string of the molecule is CC(C)(CO)C(=O)O.CC(C)(CO)CO.CC(C)(CO)CO. The molecule has 0 bridgehead atoms. The zero-order chi connectivity index (χ0) is 18.6. The molecular formula is C15H34O7. The Hall–Kier alpha value is -0.730. The molecule has 7 heteroatoms. The van der Waals surface area contributed by atoms with Gasteiger partial charge in [-0.05, 0) is 13.8 Å². The van der Waals surface area contributed by atoms with E-state index in [0.717, 1.165) is 0 Å². The summed E-state index contributed by atoms with van der Waals surface area (Å²) in [7, 11) is 0. The molecule has 0 unspecified atom stereocenters. The van der Waals surface area contributed by atoms with Crippen molar-refractivity contribution < 1.29 is 35.4 Å². The third-order valence-electron chi connectivity index (χ3n) is 2.69. The van der Waals surface area contributed by atoms with Gasteiger partial charge >= 0.3 is 5.97 Å². The van der Waals surface area contributed by atoms with Gasteiger partial charge in [0.25, 0.3) is 0 Å². The van der Waals surface area contributed by atoms with Crippen molar-refractivity contribution in [3.63, 3.8) is 0 Å². The molecule has 0 amide bonds. The first kappa shape index (κ1) is 26.2. The molecule has 7 nitrogen and oxygen atoms in total. The average molecular weight is 326 g/mol. The predicted molar refractivity (Wildman–Crippen MR) is 84.4 cm³/mol. The monoisotopic (exact) mass is 326 g/mol. The van der Waals surface area contributed by atoms with Gasteiger partial charge in [0.05, 0.1) is 38.4 Å². The number of carboxylic acids is 1. The molecular weight excluding hydrogens is 292 g/mol. The fourth-order valence-corrected chi connectivity index (χ4v) is 0.168. The first-order chi connectivity index (χ1) is 9.75. The van der Waals surface area contributed by atoms with Crippen LogP contribution in [0.5, 0.6) is 0 Å². The van der Waals surface area contributed by atoms with Crippen LogP contribution >= 0.6 is 0 Å². The van der Waals surface area contributed by atoms with Crippen LogP contribution in [-0.4, -0.2) is 69.6 Å². The lowest BCUT2D eigenvalue weighted by Gasteiger charge is -2.16. The van der Waals surface area contributed by atoms with Crippen molar-refractivity contribution in [1.82, 2.24) is 0 Å². The van der Waals surface area contributed by atoms with E-state index in [4.69, 9.17) is 30.6 Å². The van der Waals surface area contributed by atoms with Crippen molar-refractivity contribution in [2.45, 2.75) is 41.5 Å². The Kier molecular flexibility index (Phi) is 14.0. The lowest BCUT2D eigenvalue weighted by atomic mass is 9.96. The lowest BCUT2D eigenvalue weighted by Crippen LogP contribution is -2.27. The van der Waals surface area contributed by atoms with E-state index in [2.05, 4.69) is 0 Å². The van der Waals surface area contributed by atoms with Crippen LogP contribution in [0.1, 0.15) is 41.5 Å². The number of hydrogen-bond donors (Lipinski definition) is 6. The molecule has 0 aromatic heterocycles. The molecule has 0 aliphatic rings. The largest absolute Gasteiger partial charge is 0.481 e. The molecule has 0 aromatic carbocycles. The Morgan fingerprint density at radius 1 is 0.636 bits per heavy atom. The van der Waals surface area contributed by atoms with E-state index in [1.165, 1.54) is 13.8 Å². The number of aliphatic carboxylic acids is 1. The Morgan fingerprint density at radius 2 is 0.864 bits per heavy atom. The molecule has 0 radical (unpaired) electrons. The van der Waals surface area contributed by atoms with Gasteiger partial charge < -0.3 is 30.6 Å². The van der Waals surface area contributed by atoms with Crippen LogP contribution in [0.15, 0.2) is 0 Å². The summed E-state index contributed by atoms with van der Waals surface area (Å²) >= 11 is 0. The third kappa shape index (κ3) is 15.7. The molecule has 22 heavy (non-hydrogen) atoms. The van der Waals surface area contributed by atoms with E-state index >= 15 is 0 Å². The Labute approximate surface area is 133 Å².